The predicted octanol–water partition coefficient (Wildman–Crippen LogP) is 2.17. The molecule has 0 radical (unpaired) electrons. The Bertz CT molecular complexity index is 596. The molecule has 1 saturated carbocycles. The van der Waals surface area contributed by atoms with Crippen LogP contribution in [0.3, 0.4) is 0 Å². The quantitative estimate of drug-likeness (QED) is 0.407. The summed E-state index contributed by atoms with van der Waals surface area (Å²) in [5.41, 5.74) is 0.992. The minimum absolute atomic E-state index is 0. The molecule has 1 aliphatic rings. The van der Waals surface area contributed by atoms with Gasteiger partial charge in [0.1, 0.15) is 0 Å². The third-order valence-corrected chi connectivity index (χ3v) is 4.50. The van der Waals surface area contributed by atoms with E-state index in [9.17, 15) is 8.42 Å². The Morgan fingerprint density at radius 2 is 1.86 bits per heavy atom. The third kappa shape index (κ3) is 6.51. The molecule has 0 amide bonds. The number of rotatable bonds is 6. The number of sulfone groups is 1. The van der Waals surface area contributed by atoms with E-state index in [0.29, 0.717) is 11.4 Å². The first kappa shape index (κ1) is 19.2. The number of hydrogen-bond acceptors (Lipinski definition) is 3. The number of halogens is 1. The fourth-order valence-corrected chi connectivity index (χ4v) is 2.55. The second kappa shape index (κ2) is 8.71. The van der Waals surface area contributed by atoms with Crippen LogP contribution in [0.25, 0.3) is 0 Å². The SMILES string of the molecule is CCNC(=NCc1ccc(S(C)(=O)=O)cc1)NCC1CC1.I. The van der Waals surface area contributed by atoms with Gasteiger partial charge in [-0.2, -0.15) is 0 Å². The molecule has 0 aromatic heterocycles. The molecule has 0 bridgehead atoms. The van der Waals surface area contributed by atoms with Gasteiger partial charge in [-0.05, 0) is 43.4 Å². The molecule has 2 N–H and O–H groups in total. The summed E-state index contributed by atoms with van der Waals surface area (Å²) >= 11 is 0. The van der Waals surface area contributed by atoms with Crippen LogP contribution in [-0.4, -0.2) is 33.7 Å². The highest BCUT2D eigenvalue weighted by Crippen LogP contribution is 2.27. The normalized spacial score (nSPS) is 15.1. The molecule has 22 heavy (non-hydrogen) atoms. The summed E-state index contributed by atoms with van der Waals surface area (Å²) in [6.45, 7) is 4.36. The molecule has 2 rings (SSSR count). The van der Waals surface area contributed by atoms with Crippen LogP contribution in [0.15, 0.2) is 34.2 Å². The Kier molecular flexibility index (Phi) is 7.61. The van der Waals surface area contributed by atoms with E-state index < -0.39 is 9.84 Å². The molecule has 0 heterocycles. The lowest BCUT2D eigenvalue weighted by atomic mass is 10.2. The summed E-state index contributed by atoms with van der Waals surface area (Å²) in [4.78, 5) is 4.86. The van der Waals surface area contributed by atoms with Gasteiger partial charge in [0.25, 0.3) is 0 Å². The molecule has 1 fully saturated rings. The molecule has 0 saturated heterocycles. The lowest BCUT2D eigenvalue weighted by Crippen LogP contribution is -2.38. The van der Waals surface area contributed by atoms with E-state index in [-0.39, 0.29) is 24.0 Å². The second-order valence-corrected chi connectivity index (χ2v) is 7.45. The molecule has 0 spiro atoms. The van der Waals surface area contributed by atoms with Crippen molar-refractivity contribution < 1.29 is 8.42 Å². The minimum atomic E-state index is -3.13. The number of nitrogens with one attached hydrogen (secondary N) is 2. The van der Waals surface area contributed by atoms with Crippen molar-refractivity contribution in [3.8, 4) is 0 Å². The van der Waals surface area contributed by atoms with Crippen molar-refractivity contribution in [1.29, 1.82) is 0 Å². The highest BCUT2D eigenvalue weighted by molar-refractivity contribution is 14.0. The first-order chi connectivity index (χ1) is 9.99. The van der Waals surface area contributed by atoms with Crippen molar-refractivity contribution in [3.63, 3.8) is 0 Å². The smallest absolute Gasteiger partial charge is 0.191 e. The van der Waals surface area contributed by atoms with E-state index in [0.717, 1.165) is 30.5 Å². The third-order valence-electron chi connectivity index (χ3n) is 3.37. The Hall–Kier alpha value is -0.830. The van der Waals surface area contributed by atoms with E-state index in [1.165, 1.54) is 19.1 Å². The fraction of sp³-hybridized carbons (Fsp3) is 0.533. The van der Waals surface area contributed by atoms with Gasteiger partial charge in [0.2, 0.25) is 0 Å². The van der Waals surface area contributed by atoms with Crippen molar-refractivity contribution >= 4 is 39.8 Å². The zero-order valence-corrected chi connectivity index (χ0v) is 16.1. The van der Waals surface area contributed by atoms with E-state index in [1.807, 2.05) is 19.1 Å². The Balaban J connectivity index is 0.00000242. The van der Waals surface area contributed by atoms with Crippen LogP contribution in [0.5, 0.6) is 0 Å². The molecule has 0 atom stereocenters. The Morgan fingerprint density at radius 1 is 1.23 bits per heavy atom. The van der Waals surface area contributed by atoms with Gasteiger partial charge in [0.05, 0.1) is 11.4 Å². The van der Waals surface area contributed by atoms with Gasteiger partial charge in [0, 0.05) is 19.3 Å². The van der Waals surface area contributed by atoms with Crippen molar-refractivity contribution in [2.75, 3.05) is 19.3 Å². The van der Waals surface area contributed by atoms with Gasteiger partial charge >= 0.3 is 0 Å². The summed E-state index contributed by atoms with van der Waals surface area (Å²) in [6, 6.07) is 6.88. The van der Waals surface area contributed by atoms with Crippen LogP contribution >= 0.6 is 24.0 Å². The Morgan fingerprint density at radius 3 is 2.36 bits per heavy atom. The van der Waals surface area contributed by atoms with Crippen LogP contribution in [0.4, 0.5) is 0 Å². The molecule has 7 heteroatoms. The van der Waals surface area contributed by atoms with Gasteiger partial charge in [0.15, 0.2) is 15.8 Å². The average molecular weight is 437 g/mol. The zero-order chi connectivity index (χ0) is 15.3. The van der Waals surface area contributed by atoms with Crippen LogP contribution in [0.1, 0.15) is 25.3 Å². The summed E-state index contributed by atoms with van der Waals surface area (Å²) in [7, 11) is -3.13. The van der Waals surface area contributed by atoms with Gasteiger partial charge < -0.3 is 10.6 Å². The number of guanidine groups is 1. The van der Waals surface area contributed by atoms with Crippen molar-refractivity contribution in [3.05, 3.63) is 29.8 Å². The van der Waals surface area contributed by atoms with Crippen molar-refractivity contribution in [2.24, 2.45) is 10.9 Å². The molecule has 1 aromatic carbocycles. The first-order valence-corrected chi connectivity index (χ1v) is 9.19. The Labute approximate surface area is 149 Å². The molecule has 124 valence electrons. The van der Waals surface area contributed by atoms with Gasteiger partial charge in [-0.1, -0.05) is 12.1 Å². The highest BCUT2D eigenvalue weighted by Gasteiger charge is 2.20. The maximum absolute atomic E-state index is 11.4. The second-order valence-electron chi connectivity index (χ2n) is 5.44. The van der Waals surface area contributed by atoms with E-state index in [4.69, 9.17) is 0 Å². The molecule has 1 aromatic rings. The number of benzene rings is 1. The van der Waals surface area contributed by atoms with Crippen LogP contribution in [0, 0.1) is 5.92 Å². The summed E-state index contributed by atoms with van der Waals surface area (Å²) in [6.07, 6.45) is 3.82. The van der Waals surface area contributed by atoms with Crippen molar-refractivity contribution in [2.45, 2.75) is 31.2 Å². The highest BCUT2D eigenvalue weighted by atomic mass is 127. The predicted molar refractivity (Wildman–Crippen MR) is 101 cm³/mol. The average Bonchev–Trinajstić information content (AvgIpc) is 3.25. The minimum Gasteiger partial charge on any atom is -0.357 e. The summed E-state index contributed by atoms with van der Waals surface area (Å²) < 4.78 is 22.8. The fourth-order valence-electron chi connectivity index (χ4n) is 1.92. The van der Waals surface area contributed by atoms with Crippen LogP contribution < -0.4 is 10.6 Å². The number of nitrogens with zero attached hydrogens (tertiary/aromatic N) is 1. The molecule has 5 nitrogen and oxygen atoms in total. The van der Waals surface area contributed by atoms with E-state index in [2.05, 4.69) is 15.6 Å². The lowest BCUT2D eigenvalue weighted by Gasteiger charge is -2.10. The van der Waals surface area contributed by atoms with E-state index in [1.54, 1.807) is 12.1 Å². The number of aliphatic imine (C=N–C) groups is 1. The molecule has 1 aliphatic carbocycles. The van der Waals surface area contributed by atoms with Gasteiger partial charge in [-0.25, -0.2) is 13.4 Å². The number of hydrogen-bond donors (Lipinski definition) is 2. The summed E-state index contributed by atoms with van der Waals surface area (Å²) in [5.74, 6) is 1.61. The zero-order valence-electron chi connectivity index (χ0n) is 13.0. The van der Waals surface area contributed by atoms with Gasteiger partial charge in [-0.3, -0.25) is 0 Å². The maximum atomic E-state index is 11.4. The topological polar surface area (TPSA) is 70.6 Å². The summed E-state index contributed by atoms with van der Waals surface area (Å²) in [5, 5.41) is 6.55. The molecule has 0 unspecified atom stereocenters. The van der Waals surface area contributed by atoms with Crippen LogP contribution in [-0.2, 0) is 16.4 Å². The molecular formula is C15H24IN3O2S. The van der Waals surface area contributed by atoms with Gasteiger partial charge in [-0.15, -0.1) is 24.0 Å². The standard InChI is InChI=1S/C15H23N3O2S.HI/c1-3-16-15(17-10-12-4-5-12)18-11-13-6-8-14(9-7-13)21(2,19)20;/h6-9,12H,3-5,10-11H2,1-2H3,(H2,16,17,18);1H. The lowest BCUT2D eigenvalue weighted by molar-refractivity contribution is 0.602. The monoisotopic (exact) mass is 437 g/mol. The molecule has 0 aliphatic heterocycles. The van der Waals surface area contributed by atoms with Crippen LogP contribution in [0.2, 0.25) is 0 Å². The van der Waals surface area contributed by atoms with Crippen molar-refractivity contribution in [1.82, 2.24) is 10.6 Å². The largest absolute Gasteiger partial charge is 0.357 e. The first-order valence-electron chi connectivity index (χ1n) is 7.30. The maximum Gasteiger partial charge on any atom is 0.191 e. The molecular weight excluding hydrogens is 413 g/mol. The van der Waals surface area contributed by atoms with E-state index >= 15 is 0 Å².